The molecule has 1 aromatic rings. The van der Waals surface area contributed by atoms with Crippen molar-refractivity contribution < 1.29 is 4.92 Å². The average Bonchev–Trinajstić information content (AvgIpc) is 2.44. The van der Waals surface area contributed by atoms with Gasteiger partial charge in [-0.05, 0) is 26.8 Å². The molecule has 0 aliphatic carbocycles. The standard InChI is InChI=1S/C13H19N5O2/c1-4-15-12-7-6-11(18(19)20)13(16-12)17(5-2)9-10(3)8-14/h6-7,10H,4-5,9H2,1-3H3,(H,15,16). The van der Waals surface area contributed by atoms with Crippen LogP contribution in [0.15, 0.2) is 12.1 Å². The number of pyridine rings is 1. The molecule has 0 spiro atoms. The highest BCUT2D eigenvalue weighted by Crippen LogP contribution is 2.28. The minimum absolute atomic E-state index is 0.0429. The van der Waals surface area contributed by atoms with E-state index in [1.165, 1.54) is 6.07 Å². The Morgan fingerprint density at radius 3 is 2.75 bits per heavy atom. The molecule has 1 rings (SSSR count). The number of aromatic nitrogens is 1. The Balaban J connectivity index is 3.18. The number of hydrogen-bond donors (Lipinski definition) is 1. The Morgan fingerprint density at radius 1 is 1.55 bits per heavy atom. The molecule has 0 aliphatic rings. The number of nitro groups is 1. The minimum Gasteiger partial charge on any atom is -0.370 e. The van der Waals surface area contributed by atoms with Gasteiger partial charge in [0.1, 0.15) is 5.82 Å². The summed E-state index contributed by atoms with van der Waals surface area (Å²) in [6.45, 7) is 7.24. The van der Waals surface area contributed by atoms with Crippen molar-refractivity contribution in [3.05, 3.63) is 22.2 Å². The maximum Gasteiger partial charge on any atom is 0.311 e. The van der Waals surface area contributed by atoms with Gasteiger partial charge in [0.15, 0.2) is 0 Å². The molecule has 1 atom stereocenters. The summed E-state index contributed by atoms with van der Waals surface area (Å²) in [5, 5.41) is 23.1. The first-order chi connectivity index (χ1) is 9.53. The highest BCUT2D eigenvalue weighted by molar-refractivity contribution is 5.61. The summed E-state index contributed by atoms with van der Waals surface area (Å²) in [5.74, 6) is 0.674. The monoisotopic (exact) mass is 277 g/mol. The summed E-state index contributed by atoms with van der Waals surface area (Å²) in [5.41, 5.74) is -0.0429. The molecule has 108 valence electrons. The highest BCUT2D eigenvalue weighted by Gasteiger charge is 2.22. The SMILES string of the molecule is CCNc1ccc([N+](=O)[O-])c(N(CC)CC(C)C#N)n1. The molecule has 0 aromatic carbocycles. The number of nitriles is 1. The molecular formula is C13H19N5O2. The van der Waals surface area contributed by atoms with Gasteiger partial charge in [0, 0.05) is 25.7 Å². The van der Waals surface area contributed by atoms with Crippen molar-refractivity contribution in [1.29, 1.82) is 5.26 Å². The fourth-order valence-electron chi connectivity index (χ4n) is 1.83. The first-order valence-electron chi connectivity index (χ1n) is 6.57. The second-order valence-electron chi connectivity index (χ2n) is 4.40. The Morgan fingerprint density at radius 2 is 2.25 bits per heavy atom. The lowest BCUT2D eigenvalue weighted by atomic mass is 10.2. The van der Waals surface area contributed by atoms with Crippen molar-refractivity contribution in [2.45, 2.75) is 20.8 Å². The van der Waals surface area contributed by atoms with E-state index >= 15 is 0 Å². The number of anilines is 2. The molecule has 0 saturated carbocycles. The maximum absolute atomic E-state index is 11.1. The van der Waals surface area contributed by atoms with Crippen LogP contribution in [0.5, 0.6) is 0 Å². The van der Waals surface area contributed by atoms with Crippen LogP contribution in [0, 0.1) is 27.4 Å². The van der Waals surface area contributed by atoms with Gasteiger partial charge < -0.3 is 10.2 Å². The van der Waals surface area contributed by atoms with Crippen LogP contribution < -0.4 is 10.2 Å². The quantitative estimate of drug-likeness (QED) is 0.607. The normalized spacial score (nSPS) is 11.5. The maximum atomic E-state index is 11.1. The number of rotatable bonds is 7. The van der Waals surface area contributed by atoms with Crippen molar-refractivity contribution in [3.8, 4) is 6.07 Å². The van der Waals surface area contributed by atoms with Gasteiger partial charge >= 0.3 is 5.69 Å². The molecule has 7 heteroatoms. The van der Waals surface area contributed by atoms with E-state index < -0.39 is 4.92 Å². The Hall–Kier alpha value is -2.36. The summed E-state index contributed by atoms with van der Waals surface area (Å²) in [4.78, 5) is 16.7. The number of nitrogens with zero attached hydrogens (tertiary/aromatic N) is 4. The van der Waals surface area contributed by atoms with Gasteiger partial charge in [0.25, 0.3) is 0 Å². The van der Waals surface area contributed by atoms with E-state index in [-0.39, 0.29) is 11.6 Å². The summed E-state index contributed by atoms with van der Waals surface area (Å²) in [6.07, 6.45) is 0. The van der Waals surface area contributed by atoms with Gasteiger partial charge in [-0.3, -0.25) is 10.1 Å². The van der Waals surface area contributed by atoms with E-state index in [9.17, 15) is 10.1 Å². The molecule has 0 amide bonds. The first kappa shape index (κ1) is 15.7. The minimum atomic E-state index is -0.447. The van der Waals surface area contributed by atoms with Gasteiger partial charge in [-0.2, -0.15) is 5.26 Å². The van der Waals surface area contributed by atoms with Gasteiger partial charge in [-0.25, -0.2) is 4.98 Å². The Kier molecular flexibility index (Phi) is 5.72. The zero-order chi connectivity index (χ0) is 15.1. The van der Waals surface area contributed by atoms with Crippen LogP contribution >= 0.6 is 0 Å². The van der Waals surface area contributed by atoms with Crippen molar-refractivity contribution in [2.24, 2.45) is 5.92 Å². The van der Waals surface area contributed by atoms with Crippen molar-refractivity contribution in [2.75, 3.05) is 29.9 Å². The fraction of sp³-hybridized carbons (Fsp3) is 0.538. The van der Waals surface area contributed by atoms with Crippen LogP contribution in [0.4, 0.5) is 17.3 Å². The van der Waals surface area contributed by atoms with Gasteiger partial charge in [0.05, 0.1) is 16.9 Å². The molecule has 7 nitrogen and oxygen atoms in total. The van der Waals surface area contributed by atoms with Gasteiger partial charge in [0.2, 0.25) is 5.82 Å². The van der Waals surface area contributed by atoms with Crippen LogP contribution in [0.25, 0.3) is 0 Å². The molecule has 0 saturated heterocycles. The van der Waals surface area contributed by atoms with E-state index in [1.54, 1.807) is 17.9 Å². The highest BCUT2D eigenvalue weighted by atomic mass is 16.6. The first-order valence-corrected chi connectivity index (χ1v) is 6.57. The predicted octanol–water partition coefficient (Wildman–Crippen LogP) is 2.41. The topological polar surface area (TPSA) is 95.1 Å². The second kappa shape index (κ2) is 7.28. The molecule has 0 fully saturated rings. The fourth-order valence-corrected chi connectivity index (χ4v) is 1.83. The lowest BCUT2D eigenvalue weighted by Crippen LogP contribution is -2.29. The Labute approximate surface area is 118 Å². The lowest BCUT2D eigenvalue weighted by molar-refractivity contribution is -0.384. The lowest BCUT2D eigenvalue weighted by Gasteiger charge is -2.23. The number of hydrogen-bond acceptors (Lipinski definition) is 6. The van der Waals surface area contributed by atoms with E-state index in [1.807, 2.05) is 13.8 Å². The summed E-state index contributed by atoms with van der Waals surface area (Å²) >= 11 is 0. The van der Waals surface area contributed by atoms with Crippen LogP contribution in [0.3, 0.4) is 0 Å². The molecule has 0 bridgehead atoms. The summed E-state index contributed by atoms with van der Waals surface area (Å²) in [7, 11) is 0. The molecule has 1 aromatic heterocycles. The average molecular weight is 277 g/mol. The van der Waals surface area contributed by atoms with Crippen molar-refractivity contribution in [1.82, 2.24) is 4.98 Å². The van der Waals surface area contributed by atoms with Gasteiger partial charge in [-0.1, -0.05) is 0 Å². The summed E-state index contributed by atoms with van der Waals surface area (Å²) in [6, 6.07) is 5.17. The van der Waals surface area contributed by atoms with Crippen LogP contribution in [-0.4, -0.2) is 29.5 Å². The zero-order valence-corrected chi connectivity index (χ0v) is 12.0. The van der Waals surface area contributed by atoms with Crippen LogP contribution in [-0.2, 0) is 0 Å². The smallest absolute Gasteiger partial charge is 0.311 e. The van der Waals surface area contributed by atoms with E-state index in [0.717, 1.165) is 0 Å². The molecule has 1 unspecified atom stereocenters. The van der Waals surface area contributed by atoms with E-state index in [4.69, 9.17) is 5.26 Å². The second-order valence-corrected chi connectivity index (χ2v) is 4.40. The third kappa shape index (κ3) is 3.82. The third-order valence-electron chi connectivity index (χ3n) is 2.81. The van der Waals surface area contributed by atoms with Gasteiger partial charge in [-0.15, -0.1) is 0 Å². The Bertz CT molecular complexity index is 512. The van der Waals surface area contributed by atoms with E-state index in [2.05, 4.69) is 16.4 Å². The largest absolute Gasteiger partial charge is 0.370 e. The van der Waals surface area contributed by atoms with Crippen LogP contribution in [0.2, 0.25) is 0 Å². The molecular weight excluding hydrogens is 258 g/mol. The molecule has 1 N–H and O–H groups in total. The van der Waals surface area contributed by atoms with Crippen molar-refractivity contribution >= 4 is 17.3 Å². The molecule has 0 aliphatic heterocycles. The zero-order valence-electron chi connectivity index (χ0n) is 12.0. The predicted molar refractivity (Wildman–Crippen MR) is 77.7 cm³/mol. The molecule has 1 heterocycles. The third-order valence-corrected chi connectivity index (χ3v) is 2.81. The summed E-state index contributed by atoms with van der Waals surface area (Å²) < 4.78 is 0. The van der Waals surface area contributed by atoms with Crippen molar-refractivity contribution in [3.63, 3.8) is 0 Å². The molecule has 20 heavy (non-hydrogen) atoms. The van der Waals surface area contributed by atoms with E-state index in [0.29, 0.717) is 31.3 Å². The molecule has 0 radical (unpaired) electrons. The van der Waals surface area contributed by atoms with Crippen LogP contribution in [0.1, 0.15) is 20.8 Å². The number of nitrogens with one attached hydrogen (secondary N) is 1.